The molecule has 0 atom stereocenters. The second-order valence-corrected chi connectivity index (χ2v) is 6.48. The molecule has 0 aliphatic heterocycles. The minimum absolute atomic E-state index is 0. The number of methoxy groups -OCH3 is 2. The minimum atomic E-state index is 0. The molecule has 1 aliphatic rings. The number of ether oxygens (including phenoxy) is 2. The molecule has 3 N–H and O–H groups in total. The fraction of sp³-hybridized carbons (Fsp3) is 0.632. The molecule has 25 heavy (non-hydrogen) atoms. The molecule has 0 radical (unpaired) electrons. The number of nitrogens with zero attached hydrogens (tertiary/aromatic N) is 1. The lowest BCUT2D eigenvalue weighted by molar-refractivity contribution is 0.354. The number of aliphatic imine (C=N–C) groups is 1. The molecule has 0 saturated heterocycles. The maximum atomic E-state index is 6.02. The van der Waals surface area contributed by atoms with Crippen LogP contribution in [0.5, 0.6) is 11.5 Å². The number of rotatable bonds is 6. The van der Waals surface area contributed by atoms with Gasteiger partial charge in [-0.25, -0.2) is 4.99 Å². The summed E-state index contributed by atoms with van der Waals surface area (Å²) in [4.78, 5) is 4.44. The Morgan fingerprint density at radius 1 is 1.08 bits per heavy atom. The summed E-state index contributed by atoms with van der Waals surface area (Å²) in [6, 6.07) is 5.80. The summed E-state index contributed by atoms with van der Waals surface area (Å²) in [6.07, 6.45) is 9.43. The lowest BCUT2D eigenvalue weighted by atomic mass is 9.91. The summed E-state index contributed by atoms with van der Waals surface area (Å²) in [5.74, 6) is 2.68. The standard InChI is InChI=1S/C19H31N3O2.HI/c1-23-17-11-10-16(12-18(17)24-2)14-22-19(20)21-13-15-8-6-4-3-5-7-9-15;/h10-12,15H,3-9,13-14H2,1-2H3,(H3,20,21,22);1H. The van der Waals surface area contributed by atoms with Crippen molar-refractivity contribution < 1.29 is 9.47 Å². The van der Waals surface area contributed by atoms with Gasteiger partial charge in [-0.3, -0.25) is 0 Å². The molecule has 6 heteroatoms. The van der Waals surface area contributed by atoms with Crippen molar-refractivity contribution >= 4 is 29.9 Å². The number of nitrogens with two attached hydrogens (primary N) is 1. The maximum Gasteiger partial charge on any atom is 0.188 e. The summed E-state index contributed by atoms with van der Waals surface area (Å²) in [6.45, 7) is 1.46. The Labute approximate surface area is 168 Å². The van der Waals surface area contributed by atoms with Gasteiger partial charge in [0.05, 0.1) is 20.8 Å². The number of nitrogens with one attached hydrogen (secondary N) is 1. The first-order valence-electron chi connectivity index (χ1n) is 8.97. The smallest absolute Gasteiger partial charge is 0.188 e. The number of guanidine groups is 1. The van der Waals surface area contributed by atoms with E-state index in [4.69, 9.17) is 15.2 Å². The van der Waals surface area contributed by atoms with E-state index in [0.29, 0.717) is 18.3 Å². The third kappa shape index (κ3) is 7.71. The lowest BCUT2D eigenvalue weighted by Gasteiger charge is -2.20. The molecule has 1 aromatic carbocycles. The van der Waals surface area contributed by atoms with Crippen LogP contribution < -0.4 is 20.5 Å². The second kappa shape index (κ2) is 12.2. The van der Waals surface area contributed by atoms with E-state index in [2.05, 4.69) is 10.3 Å². The fourth-order valence-corrected chi connectivity index (χ4v) is 3.21. The highest BCUT2D eigenvalue weighted by Gasteiger charge is 2.11. The van der Waals surface area contributed by atoms with Gasteiger partial charge >= 0.3 is 0 Å². The monoisotopic (exact) mass is 461 g/mol. The van der Waals surface area contributed by atoms with Crippen molar-refractivity contribution in [1.82, 2.24) is 5.32 Å². The molecule has 1 aromatic rings. The third-order valence-corrected chi connectivity index (χ3v) is 4.68. The molecule has 0 unspecified atom stereocenters. The molecule has 1 saturated carbocycles. The Morgan fingerprint density at radius 3 is 2.36 bits per heavy atom. The number of halogens is 1. The van der Waals surface area contributed by atoms with Crippen LogP contribution in [0.1, 0.15) is 50.5 Å². The zero-order valence-corrected chi connectivity index (χ0v) is 17.8. The molecule has 2 rings (SSSR count). The van der Waals surface area contributed by atoms with Gasteiger partial charge in [0.25, 0.3) is 0 Å². The highest BCUT2D eigenvalue weighted by atomic mass is 127. The molecule has 0 heterocycles. The van der Waals surface area contributed by atoms with E-state index in [1.165, 1.54) is 44.9 Å². The van der Waals surface area contributed by atoms with Crippen LogP contribution in [0.4, 0.5) is 0 Å². The van der Waals surface area contributed by atoms with Gasteiger partial charge in [-0.15, -0.1) is 24.0 Å². The van der Waals surface area contributed by atoms with Crippen LogP contribution in [-0.2, 0) is 6.54 Å². The zero-order valence-electron chi connectivity index (χ0n) is 15.4. The van der Waals surface area contributed by atoms with E-state index >= 15 is 0 Å². The predicted octanol–water partition coefficient (Wildman–Crippen LogP) is 4.09. The third-order valence-electron chi connectivity index (χ3n) is 4.68. The Kier molecular flexibility index (Phi) is 10.7. The van der Waals surface area contributed by atoms with Crippen LogP contribution in [0.15, 0.2) is 23.2 Å². The lowest BCUT2D eigenvalue weighted by Crippen LogP contribution is -2.35. The Balaban J connectivity index is 0.00000312. The highest BCUT2D eigenvalue weighted by Crippen LogP contribution is 2.27. The Bertz CT molecular complexity index is 529. The van der Waals surface area contributed by atoms with E-state index in [0.717, 1.165) is 23.8 Å². The first kappa shape index (κ1) is 21.9. The summed E-state index contributed by atoms with van der Waals surface area (Å²) >= 11 is 0. The quantitative estimate of drug-likeness (QED) is 0.381. The molecular weight excluding hydrogens is 429 g/mol. The SMILES string of the molecule is COc1ccc(CN=C(N)NCC2CCCCCCC2)cc1OC.I. The zero-order chi connectivity index (χ0) is 17.2. The molecule has 0 spiro atoms. The molecule has 0 amide bonds. The van der Waals surface area contributed by atoms with Crippen LogP contribution in [0.3, 0.4) is 0 Å². The molecule has 0 bridgehead atoms. The largest absolute Gasteiger partial charge is 0.493 e. The summed E-state index contributed by atoms with van der Waals surface area (Å²) in [5.41, 5.74) is 7.06. The predicted molar refractivity (Wildman–Crippen MR) is 114 cm³/mol. The van der Waals surface area contributed by atoms with Gasteiger partial charge in [0.15, 0.2) is 17.5 Å². The normalized spacial score (nSPS) is 16.3. The van der Waals surface area contributed by atoms with Crippen molar-refractivity contribution in [3.05, 3.63) is 23.8 Å². The van der Waals surface area contributed by atoms with Gasteiger partial charge in [0, 0.05) is 6.54 Å². The van der Waals surface area contributed by atoms with Gasteiger partial charge in [-0.1, -0.05) is 38.2 Å². The fourth-order valence-electron chi connectivity index (χ4n) is 3.21. The van der Waals surface area contributed by atoms with Crippen LogP contribution >= 0.6 is 24.0 Å². The van der Waals surface area contributed by atoms with Gasteiger partial charge in [0.1, 0.15) is 0 Å². The first-order valence-corrected chi connectivity index (χ1v) is 8.97. The minimum Gasteiger partial charge on any atom is -0.493 e. The summed E-state index contributed by atoms with van der Waals surface area (Å²) in [5, 5.41) is 3.29. The van der Waals surface area contributed by atoms with Crippen molar-refractivity contribution in [2.45, 2.75) is 51.5 Å². The van der Waals surface area contributed by atoms with Crippen molar-refractivity contribution in [3.63, 3.8) is 0 Å². The van der Waals surface area contributed by atoms with Crippen molar-refractivity contribution in [2.75, 3.05) is 20.8 Å². The maximum absolute atomic E-state index is 6.02. The average molecular weight is 461 g/mol. The summed E-state index contributed by atoms with van der Waals surface area (Å²) < 4.78 is 10.6. The van der Waals surface area contributed by atoms with Gasteiger partial charge in [-0.2, -0.15) is 0 Å². The second-order valence-electron chi connectivity index (χ2n) is 6.48. The van der Waals surface area contributed by atoms with Gasteiger partial charge in [0.2, 0.25) is 0 Å². The van der Waals surface area contributed by atoms with Crippen molar-refractivity contribution in [1.29, 1.82) is 0 Å². The molecule has 5 nitrogen and oxygen atoms in total. The Hall–Kier alpha value is -1.18. The van der Waals surface area contributed by atoms with E-state index in [9.17, 15) is 0 Å². The van der Waals surface area contributed by atoms with Crippen LogP contribution in [0, 0.1) is 5.92 Å². The number of hydrogen-bond acceptors (Lipinski definition) is 3. The average Bonchev–Trinajstić information content (AvgIpc) is 2.58. The van der Waals surface area contributed by atoms with Crippen molar-refractivity contribution in [3.8, 4) is 11.5 Å². The molecule has 1 aliphatic carbocycles. The highest BCUT2D eigenvalue weighted by molar-refractivity contribution is 14.0. The van der Waals surface area contributed by atoms with Crippen molar-refractivity contribution in [2.24, 2.45) is 16.6 Å². The van der Waals surface area contributed by atoms with Crippen LogP contribution in [0.2, 0.25) is 0 Å². The molecule has 0 aromatic heterocycles. The summed E-state index contributed by atoms with van der Waals surface area (Å²) in [7, 11) is 3.27. The van der Waals surface area contributed by atoms with E-state index in [1.54, 1.807) is 14.2 Å². The van der Waals surface area contributed by atoms with Gasteiger partial charge < -0.3 is 20.5 Å². The molecular formula is C19H32IN3O2. The Morgan fingerprint density at radius 2 is 1.72 bits per heavy atom. The number of hydrogen-bond donors (Lipinski definition) is 2. The molecule has 1 fully saturated rings. The van der Waals surface area contributed by atoms with E-state index in [1.807, 2.05) is 18.2 Å². The van der Waals surface area contributed by atoms with E-state index in [-0.39, 0.29) is 24.0 Å². The molecule has 142 valence electrons. The first-order chi connectivity index (χ1) is 11.7. The van der Waals surface area contributed by atoms with E-state index < -0.39 is 0 Å². The topological polar surface area (TPSA) is 68.9 Å². The van der Waals surface area contributed by atoms with Crippen LogP contribution in [0.25, 0.3) is 0 Å². The van der Waals surface area contributed by atoms with Gasteiger partial charge in [-0.05, 0) is 36.5 Å². The van der Waals surface area contributed by atoms with Crippen LogP contribution in [-0.4, -0.2) is 26.7 Å². The number of benzene rings is 1.